The van der Waals surface area contributed by atoms with E-state index in [1.165, 1.54) is 4.31 Å². The molecule has 23 heavy (non-hydrogen) atoms. The molecule has 7 heteroatoms. The fraction of sp³-hybridized carbons (Fsp3) is 0.562. The lowest BCUT2D eigenvalue weighted by Crippen LogP contribution is -2.41. The second-order valence-electron chi connectivity index (χ2n) is 5.91. The van der Waals surface area contributed by atoms with Crippen molar-refractivity contribution >= 4 is 21.6 Å². The van der Waals surface area contributed by atoms with Crippen molar-refractivity contribution in [2.45, 2.75) is 20.3 Å². The monoisotopic (exact) mass is 341 g/mol. The molecule has 6 nitrogen and oxygen atoms in total. The van der Waals surface area contributed by atoms with E-state index in [-0.39, 0.29) is 19.0 Å². The van der Waals surface area contributed by atoms with Gasteiger partial charge in [0.15, 0.2) is 0 Å². The van der Waals surface area contributed by atoms with Gasteiger partial charge in [0.25, 0.3) is 0 Å². The maximum Gasteiger partial charge on any atom is 0.239 e. The highest BCUT2D eigenvalue weighted by molar-refractivity contribution is 7.88. The van der Waals surface area contributed by atoms with Gasteiger partial charge in [0, 0.05) is 18.8 Å². The number of aryl methyl sites for hydroxylation is 2. The molecule has 0 heterocycles. The zero-order valence-corrected chi connectivity index (χ0v) is 15.4. The number of para-hydroxylation sites is 1. The van der Waals surface area contributed by atoms with Gasteiger partial charge >= 0.3 is 0 Å². The SMILES string of the molecule is CCc1cccc(C)c1NC(=O)CN(CCN(C)C)S(C)(=O)=O. The van der Waals surface area contributed by atoms with E-state index in [2.05, 4.69) is 5.32 Å². The molecular formula is C16H27N3O3S. The molecule has 0 aliphatic carbocycles. The minimum Gasteiger partial charge on any atom is -0.324 e. The summed E-state index contributed by atoms with van der Waals surface area (Å²) in [5.41, 5.74) is 2.79. The summed E-state index contributed by atoms with van der Waals surface area (Å²) in [6, 6.07) is 5.84. The van der Waals surface area contributed by atoms with Crippen LogP contribution in [-0.4, -0.2) is 63.5 Å². The van der Waals surface area contributed by atoms with E-state index in [9.17, 15) is 13.2 Å². The van der Waals surface area contributed by atoms with Crippen LogP contribution in [0.1, 0.15) is 18.1 Å². The Morgan fingerprint density at radius 1 is 1.22 bits per heavy atom. The van der Waals surface area contributed by atoms with Crippen LogP contribution in [0.4, 0.5) is 5.69 Å². The summed E-state index contributed by atoms with van der Waals surface area (Å²) < 4.78 is 24.9. The van der Waals surface area contributed by atoms with Crippen molar-refractivity contribution in [3.63, 3.8) is 0 Å². The summed E-state index contributed by atoms with van der Waals surface area (Å²) in [5.74, 6) is -0.321. The van der Waals surface area contributed by atoms with E-state index >= 15 is 0 Å². The van der Waals surface area contributed by atoms with Gasteiger partial charge in [0.1, 0.15) is 0 Å². The Morgan fingerprint density at radius 2 is 1.87 bits per heavy atom. The molecule has 0 atom stereocenters. The molecule has 1 aromatic carbocycles. The van der Waals surface area contributed by atoms with Crippen molar-refractivity contribution in [2.75, 3.05) is 45.3 Å². The predicted octanol–water partition coefficient (Wildman–Crippen LogP) is 1.32. The number of rotatable bonds is 8. The van der Waals surface area contributed by atoms with Crippen LogP contribution in [0.3, 0.4) is 0 Å². The first-order chi connectivity index (χ1) is 10.6. The van der Waals surface area contributed by atoms with Gasteiger partial charge in [-0.2, -0.15) is 4.31 Å². The summed E-state index contributed by atoms with van der Waals surface area (Å²) >= 11 is 0. The number of hydrogen-bond donors (Lipinski definition) is 1. The number of nitrogens with zero attached hydrogens (tertiary/aromatic N) is 2. The van der Waals surface area contributed by atoms with Crippen molar-refractivity contribution in [2.24, 2.45) is 0 Å². The quantitative estimate of drug-likeness (QED) is 0.774. The number of carbonyl (C=O) groups excluding carboxylic acids is 1. The second-order valence-corrected chi connectivity index (χ2v) is 7.89. The van der Waals surface area contributed by atoms with E-state index in [1.807, 2.05) is 51.0 Å². The molecule has 1 rings (SSSR count). The minimum atomic E-state index is -3.43. The molecule has 1 aromatic rings. The van der Waals surface area contributed by atoms with Crippen LogP contribution in [0.15, 0.2) is 18.2 Å². The summed E-state index contributed by atoms with van der Waals surface area (Å²) in [6.07, 6.45) is 1.93. The van der Waals surface area contributed by atoms with Crippen LogP contribution in [-0.2, 0) is 21.2 Å². The highest BCUT2D eigenvalue weighted by atomic mass is 32.2. The van der Waals surface area contributed by atoms with E-state index in [0.717, 1.165) is 29.5 Å². The molecule has 0 saturated carbocycles. The fourth-order valence-electron chi connectivity index (χ4n) is 2.21. The Hall–Kier alpha value is -1.44. The zero-order chi connectivity index (χ0) is 17.6. The van der Waals surface area contributed by atoms with Gasteiger partial charge in [-0.3, -0.25) is 4.79 Å². The van der Waals surface area contributed by atoms with Crippen molar-refractivity contribution in [3.05, 3.63) is 29.3 Å². The molecule has 0 aliphatic rings. The van der Waals surface area contributed by atoms with Gasteiger partial charge in [0.05, 0.1) is 12.8 Å². The average molecular weight is 341 g/mol. The van der Waals surface area contributed by atoms with Gasteiger partial charge in [-0.25, -0.2) is 8.42 Å². The number of hydrogen-bond acceptors (Lipinski definition) is 4. The second kappa shape index (κ2) is 8.42. The summed E-state index contributed by atoms with van der Waals surface area (Å²) in [5, 5.41) is 2.86. The molecule has 0 bridgehead atoms. The van der Waals surface area contributed by atoms with Gasteiger partial charge in [-0.1, -0.05) is 25.1 Å². The van der Waals surface area contributed by atoms with E-state index in [0.29, 0.717) is 6.54 Å². The molecular weight excluding hydrogens is 314 g/mol. The molecule has 0 aromatic heterocycles. The Balaban J connectivity index is 2.84. The molecule has 130 valence electrons. The van der Waals surface area contributed by atoms with Gasteiger partial charge in [-0.15, -0.1) is 0 Å². The number of anilines is 1. The fourth-order valence-corrected chi connectivity index (χ4v) is 2.98. The van der Waals surface area contributed by atoms with Gasteiger partial charge in [0.2, 0.25) is 15.9 Å². The Kier molecular flexibility index (Phi) is 7.18. The third kappa shape index (κ3) is 6.29. The molecule has 1 amide bonds. The molecule has 1 N–H and O–H groups in total. The number of carbonyl (C=O) groups is 1. The van der Waals surface area contributed by atoms with Crippen molar-refractivity contribution in [1.29, 1.82) is 0 Å². The predicted molar refractivity (Wildman–Crippen MR) is 94.2 cm³/mol. The van der Waals surface area contributed by atoms with Crippen LogP contribution in [0.2, 0.25) is 0 Å². The Labute approximate surface area is 139 Å². The highest BCUT2D eigenvalue weighted by Crippen LogP contribution is 2.21. The van der Waals surface area contributed by atoms with Crippen molar-refractivity contribution in [1.82, 2.24) is 9.21 Å². The smallest absolute Gasteiger partial charge is 0.239 e. The maximum absolute atomic E-state index is 12.3. The number of nitrogens with one attached hydrogen (secondary N) is 1. The lowest BCUT2D eigenvalue weighted by Gasteiger charge is -2.22. The number of sulfonamides is 1. The van der Waals surface area contributed by atoms with Crippen LogP contribution in [0.5, 0.6) is 0 Å². The van der Waals surface area contributed by atoms with E-state index < -0.39 is 10.0 Å². The largest absolute Gasteiger partial charge is 0.324 e. The van der Waals surface area contributed by atoms with Crippen molar-refractivity contribution < 1.29 is 13.2 Å². The minimum absolute atomic E-state index is 0.176. The molecule has 0 saturated heterocycles. The lowest BCUT2D eigenvalue weighted by molar-refractivity contribution is -0.116. The first-order valence-electron chi connectivity index (χ1n) is 7.63. The normalized spacial score (nSPS) is 12.0. The van der Waals surface area contributed by atoms with Crippen LogP contribution in [0.25, 0.3) is 0 Å². The molecule has 0 spiro atoms. The summed E-state index contributed by atoms with van der Waals surface area (Å²) in [7, 11) is 0.297. The third-order valence-corrected chi connectivity index (χ3v) is 4.84. The summed E-state index contributed by atoms with van der Waals surface area (Å²) in [4.78, 5) is 14.2. The Morgan fingerprint density at radius 3 is 2.39 bits per heavy atom. The topological polar surface area (TPSA) is 69.7 Å². The van der Waals surface area contributed by atoms with E-state index in [1.54, 1.807) is 0 Å². The highest BCUT2D eigenvalue weighted by Gasteiger charge is 2.20. The zero-order valence-electron chi connectivity index (χ0n) is 14.6. The Bertz CT molecular complexity index is 642. The van der Waals surface area contributed by atoms with Crippen LogP contribution in [0, 0.1) is 6.92 Å². The van der Waals surface area contributed by atoms with Crippen LogP contribution >= 0.6 is 0 Å². The summed E-state index contributed by atoms with van der Waals surface area (Å²) in [6.45, 7) is 4.61. The van der Waals surface area contributed by atoms with Gasteiger partial charge in [-0.05, 0) is 38.6 Å². The number of amides is 1. The first-order valence-corrected chi connectivity index (χ1v) is 9.48. The number of benzene rings is 1. The maximum atomic E-state index is 12.3. The van der Waals surface area contributed by atoms with Crippen molar-refractivity contribution in [3.8, 4) is 0 Å². The molecule has 0 radical (unpaired) electrons. The van der Waals surface area contributed by atoms with E-state index in [4.69, 9.17) is 0 Å². The molecule has 0 unspecified atom stereocenters. The lowest BCUT2D eigenvalue weighted by atomic mass is 10.1. The third-order valence-electron chi connectivity index (χ3n) is 3.59. The van der Waals surface area contributed by atoms with Crippen LogP contribution < -0.4 is 5.32 Å². The standard InChI is InChI=1S/C16H27N3O3S/c1-6-14-9-7-8-13(2)16(14)17-15(20)12-19(23(5,21)22)11-10-18(3)4/h7-9H,6,10-12H2,1-5H3,(H,17,20). The van der Waals surface area contributed by atoms with Gasteiger partial charge < -0.3 is 10.2 Å². The number of likely N-dealkylation sites (N-methyl/N-ethyl adjacent to an activating group) is 1. The molecule has 0 fully saturated rings. The average Bonchev–Trinajstić information content (AvgIpc) is 2.44. The first kappa shape index (κ1) is 19.6. The molecule has 0 aliphatic heterocycles.